The van der Waals surface area contributed by atoms with Crippen LogP contribution in [0, 0.1) is 10.8 Å². The topological polar surface area (TPSA) is 139 Å². The van der Waals surface area contributed by atoms with Crippen molar-refractivity contribution in [1.82, 2.24) is 5.32 Å². The van der Waals surface area contributed by atoms with Gasteiger partial charge in [-0.25, -0.2) is 9.59 Å². The number of carboxylic acids is 2. The first-order valence-corrected chi connectivity index (χ1v) is 13.6. The van der Waals surface area contributed by atoms with Crippen LogP contribution in [-0.2, 0) is 14.3 Å². The Morgan fingerprint density at radius 2 is 1.36 bits per heavy atom. The van der Waals surface area contributed by atoms with E-state index in [4.69, 9.17) is 10.5 Å². The van der Waals surface area contributed by atoms with E-state index in [-0.39, 0.29) is 18.9 Å². The van der Waals surface area contributed by atoms with Gasteiger partial charge in [-0.05, 0) is 39.5 Å². The fourth-order valence-corrected chi connectivity index (χ4v) is 5.42. The Balaban J connectivity index is 0.000000976. The zero-order valence-electron chi connectivity index (χ0n) is 24.0. The number of unbranched alkanes of at least 4 members (excludes halogenated alkanes) is 2. The second-order valence-corrected chi connectivity index (χ2v) is 11.6. The number of carbonyl (C=O) groups is 3. The van der Waals surface area contributed by atoms with Crippen LogP contribution >= 0.6 is 0 Å². The van der Waals surface area contributed by atoms with Crippen LogP contribution in [0.1, 0.15) is 84.3 Å². The van der Waals surface area contributed by atoms with E-state index >= 15 is 0 Å². The second-order valence-electron chi connectivity index (χ2n) is 11.6. The summed E-state index contributed by atoms with van der Waals surface area (Å²) in [4.78, 5) is 36.1. The van der Waals surface area contributed by atoms with Crippen molar-refractivity contribution in [2.24, 2.45) is 16.6 Å². The van der Waals surface area contributed by atoms with Crippen molar-refractivity contribution in [1.29, 1.82) is 0 Å². The Bertz CT molecular complexity index is 1100. The molecule has 8 nitrogen and oxygen atoms in total. The molecule has 0 heterocycles. The van der Waals surface area contributed by atoms with Crippen LogP contribution in [0.5, 0.6) is 0 Å². The van der Waals surface area contributed by atoms with Crippen LogP contribution in [-0.4, -0.2) is 46.9 Å². The molecule has 1 amide bonds. The van der Waals surface area contributed by atoms with Gasteiger partial charge in [-0.3, -0.25) is 4.79 Å². The minimum Gasteiger partial charge on any atom is -0.480 e. The predicted molar refractivity (Wildman–Crippen MR) is 153 cm³/mol. The normalized spacial score (nSPS) is 14.2. The van der Waals surface area contributed by atoms with E-state index in [2.05, 4.69) is 19.2 Å². The fraction of sp³-hybridized carbons (Fsp3) is 0.516. The maximum atomic E-state index is 12.7. The zero-order valence-corrected chi connectivity index (χ0v) is 24.0. The summed E-state index contributed by atoms with van der Waals surface area (Å²) in [7, 11) is 0. The lowest BCUT2D eigenvalue weighted by Gasteiger charge is -2.40. The van der Waals surface area contributed by atoms with Gasteiger partial charge in [-0.1, -0.05) is 109 Å². The quantitative estimate of drug-likeness (QED) is 0.273. The molecule has 214 valence electrons. The predicted octanol–water partition coefficient (Wildman–Crippen LogP) is 6.03. The lowest BCUT2D eigenvalue weighted by atomic mass is 9.68. The van der Waals surface area contributed by atoms with Gasteiger partial charge in [0, 0.05) is 5.92 Å². The number of amides is 1. The van der Waals surface area contributed by atoms with Gasteiger partial charge in [0.05, 0.1) is 0 Å². The number of nitrogens with one attached hydrogen (secondary N) is 1. The molecule has 0 saturated heterocycles. The van der Waals surface area contributed by atoms with Gasteiger partial charge in [0.25, 0.3) is 0 Å². The summed E-state index contributed by atoms with van der Waals surface area (Å²) in [5.74, 6) is -2.56. The number of rotatable bonds is 11. The molecule has 0 spiro atoms. The van der Waals surface area contributed by atoms with Gasteiger partial charge in [-0.15, -0.1) is 0 Å². The van der Waals surface area contributed by atoms with Gasteiger partial charge in [-0.2, -0.15) is 0 Å². The first-order chi connectivity index (χ1) is 18.3. The van der Waals surface area contributed by atoms with Gasteiger partial charge in [0.15, 0.2) is 0 Å². The molecule has 39 heavy (non-hydrogen) atoms. The highest BCUT2D eigenvalue weighted by atomic mass is 16.5. The van der Waals surface area contributed by atoms with Crippen molar-refractivity contribution in [3.05, 3.63) is 59.7 Å². The molecule has 0 bridgehead atoms. The van der Waals surface area contributed by atoms with Crippen molar-refractivity contribution in [2.45, 2.75) is 85.2 Å². The molecule has 0 saturated carbocycles. The number of hydrogen-bond donors (Lipinski definition) is 4. The average Bonchev–Trinajstić information content (AvgIpc) is 3.19. The summed E-state index contributed by atoms with van der Waals surface area (Å²) in [6, 6.07) is 13.4. The molecule has 2 atom stereocenters. The molecule has 0 fully saturated rings. The number of aliphatic carboxylic acids is 2. The van der Waals surface area contributed by atoms with Gasteiger partial charge in [0.2, 0.25) is 0 Å². The summed E-state index contributed by atoms with van der Waals surface area (Å²) < 4.78 is 5.50. The van der Waals surface area contributed by atoms with Crippen molar-refractivity contribution in [3.8, 4) is 11.1 Å². The Hall–Kier alpha value is -3.39. The monoisotopic (exact) mass is 540 g/mol. The van der Waals surface area contributed by atoms with Crippen LogP contribution < -0.4 is 11.1 Å². The third-order valence-corrected chi connectivity index (χ3v) is 7.36. The summed E-state index contributed by atoms with van der Waals surface area (Å²) in [6.07, 6.45) is 3.38. The number of carbonyl (C=O) groups excluding carboxylic acids is 1. The number of carboxylic acid groups (broad SMARTS) is 2. The Labute approximate surface area is 231 Å². The van der Waals surface area contributed by atoms with Crippen LogP contribution in [0.2, 0.25) is 0 Å². The smallest absolute Gasteiger partial charge is 0.407 e. The largest absolute Gasteiger partial charge is 0.480 e. The minimum atomic E-state index is -1.30. The molecule has 0 radical (unpaired) electrons. The molecular weight excluding hydrogens is 496 g/mol. The first kappa shape index (κ1) is 31.8. The van der Waals surface area contributed by atoms with E-state index in [9.17, 15) is 24.6 Å². The van der Waals surface area contributed by atoms with E-state index < -0.39 is 40.9 Å². The Morgan fingerprint density at radius 3 is 1.77 bits per heavy atom. The van der Waals surface area contributed by atoms with Crippen molar-refractivity contribution in [3.63, 3.8) is 0 Å². The molecule has 3 rings (SSSR count). The number of ether oxygens (including phenoxy) is 1. The van der Waals surface area contributed by atoms with Crippen LogP contribution in [0.3, 0.4) is 0 Å². The van der Waals surface area contributed by atoms with Gasteiger partial charge < -0.3 is 26.0 Å². The molecule has 2 aromatic rings. The lowest BCUT2D eigenvalue weighted by molar-refractivity contribution is -0.144. The van der Waals surface area contributed by atoms with E-state index in [1.807, 2.05) is 48.5 Å². The summed E-state index contributed by atoms with van der Waals surface area (Å²) >= 11 is 0. The van der Waals surface area contributed by atoms with E-state index in [1.165, 1.54) is 19.3 Å². The molecule has 0 aliphatic heterocycles. The lowest BCUT2D eigenvalue weighted by Crippen LogP contribution is -2.54. The molecule has 1 aliphatic rings. The first-order valence-electron chi connectivity index (χ1n) is 13.6. The van der Waals surface area contributed by atoms with E-state index in [0.29, 0.717) is 0 Å². The Morgan fingerprint density at radius 1 is 0.872 bits per heavy atom. The zero-order chi connectivity index (χ0) is 29.4. The van der Waals surface area contributed by atoms with Crippen LogP contribution in [0.25, 0.3) is 11.1 Å². The maximum Gasteiger partial charge on any atom is 0.407 e. The van der Waals surface area contributed by atoms with Crippen molar-refractivity contribution in [2.75, 3.05) is 6.61 Å². The SMILES string of the molecule is CC(C)(CC(C)(C)C(NC(=O)OCC1c2ccccc2-c2ccccc21)C(=O)O)C(N)C(=O)O.CCCCC. The summed E-state index contributed by atoms with van der Waals surface area (Å²) in [5, 5.41) is 21.6. The van der Waals surface area contributed by atoms with Gasteiger partial charge in [0.1, 0.15) is 18.7 Å². The maximum absolute atomic E-state index is 12.7. The minimum absolute atomic E-state index is 0.0575. The third kappa shape index (κ3) is 8.05. The molecule has 8 heteroatoms. The molecule has 0 aromatic heterocycles. The van der Waals surface area contributed by atoms with E-state index in [1.54, 1.807) is 27.7 Å². The number of hydrogen-bond acceptors (Lipinski definition) is 5. The fourth-order valence-electron chi connectivity index (χ4n) is 5.42. The van der Waals surface area contributed by atoms with Crippen LogP contribution in [0.15, 0.2) is 48.5 Å². The molecule has 1 aliphatic carbocycles. The highest BCUT2D eigenvalue weighted by Crippen LogP contribution is 2.44. The van der Waals surface area contributed by atoms with Crippen molar-refractivity contribution < 1.29 is 29.3 Å². The number of alkyl carbamates (subject to hydrolysis) is 1. The average molecular weight is 541 g/mol. The number of benzene rings is 2. The standard InChI is InChI=1S/C26H32N2O6.C5H12/c1-25(2,20(27)22(29)30)14-26(3,4)21(23(31)32)28-24(33)34-13-19-17-11-7-5-9-15(17)16-10-6-8-12-18(16)19;1-3-5-4-2/h5-12,19-21H,13-14,27H2,1-4H3,(H,28,33)(H,29,30)(H,31,32);3-5H2,1-2H3. The van der Waals surface area contributed by atoms with Gasteiger partial charge >= 0.3 is 18.0 Å². The summed E-state index contributed by atoms with van der Waals surface area (Å²) in [6.45, 7) is 11.1. The molecular formula is C31H44N2O6. The summed E-state index contributed by atoms with van der Waals surface area (Å²) in [5.41, 5.74) is 8.19. The third-order valence-electron chi connectivity index (χ3n) is 7.36. The van der Waals surface area contributed by atoms with Crippen LogP contribution in [0.4, 0.5) is 4.79 Å². The second kappa shape index (κ2) is 13.6. The molecule has 2 unspecified atom stereocenters. The van der Waals surface area contributed by atoms with E-state index in [0.717, 1.165) is 22.3 Å². The highest BCUT2D eigenvalue weighted by Gasteiger charge is 2.44. The molecule has 2 aromatic carbocycles. The molecule has 5 N–H and O–H groups in total. The Kier molecular flexibility index (Phi) is 11.1. The highest BCUT2D eigenvalue weighted by molar-refractivity contribution is 5.81. The van der Waals surface area contributed by atoms with Crippen molar-refractivity contribution >= 4 is 18.0 Å². The number of nitrogens with two attached hydrogens (primary N) is 1. The number of fused-ring (bicyclic) bond motifs is 3.